The van der Waals surface area contributed by atoms with E-state index in [1.807, 2.05) is 0 Å². The number of aromatic nitrogens is 2. The van der Waals surface area contributed by atoms with Crippen molar-refractivity contribution in [3.8, 4) is 0 Å². The van der Waals surface area contributed by atoms with Crippen LogP contribution < -0.4 is 5.73 Å². The van der Waals surface area contributed by atoms with Gasteiger partial charge < -0.3 is 15.1 Å². The Bertz CT molecular complexity index is 678. The van der Waals surface area contributed by atoms with Crippen LogP contribution in [0.4, 0.5) is 0 Å². The Labute approximate surface area is 99.6 Å². The van der Waals surface area contributed by atoms with Gasteiger partial charge in [0.2, 0.25) is 0 Å². The Morgan fingerprint density at radius 1 is 1.59 bits per heavy atom. The first-order valence-corrected chi connectivity index (χ1v) is 5.65. The van der Waals surface area contributed by atoms with Crippen molar-refractivity contribution in [3.05, 3.63) is 29.4 Å². The number of amides is 1. The van der Waals surface area contributed by atoms with Gasteiger partial charge in [-0.1, -0.05) is 0 Å². The Morgan fingerprint density at radius 3 is 3.29 bits per heavy atom. The molecule has 2 aromatic heterocycles. The number of fused-ring (bicyclic) bond motifs is 2. The standard InChI is InChI=1S/C10H8N4O2S/c11-10(15)8-9-7(3-13-8)17-14-6-2-12-1-5(6)4-16-9/h2-4,13H,1H2,(H2,11,15). The van der Waals surface area contributed by atoms with E-state index < -0.39 is 5.91 Å². The smallest absolute Gasteiger partial charge is 0.269 e. The van der Waals surface area contributed by atoms with Gasteiger partial charge in [-0.05, 0) is 11.5 Å². The number of carbonyl (C=O) groups is 1. The number of H-pyrrole nitrogens is 1. The second kappa shape index (κ2) is 3.70. The summed E-state index contributed by atoms with van der Waals surface area (Å²) < 4.78 is 10.5. The van der Waals surface area contributed by atoms with Crippen LogP contribution in [0.15, 0.2) is 21.9 Å². The molecule has 0 spiro atoms. The van der Waals surface area contributed by atoms with E-state index in [9.17, 15) is 4.79 Å². The third kappa shape index (κ3) is 1.60. The molecule has 1 amide bonds. The first-order chi connectivity index (χ1) is 8.25. The van der Waals surface area contributed by atoms with Crippen molar-refractivity contribution < 1.29 is 9.21 Å². The predicted molar refractivity (Wildman–Crippen MR) is 63.7 cm³/mol. The van der Waals surface area contributed by atoms with Crippen molar-refractivity contribution in [1.29, 1.82) is 0 Å². The van der Waals surface area contributed by atoms with Crippen molar-refractivity contribution >= 4 is 33.9 Å². The maximum atomic E-state index is 11.2. The van der Waals surface area contributed by atoms with Crippen LogP contribution in [-0.4, -0.2) is 21.5 Å². The van der Waals surface area contributed by atoms with Crippen LogP contribution in [0.25, 0.3) is 10.3 Å². The van der Waals surface area contributed by atoms with Gasteiger partial charge in [0, 0.05) is 18.0 Å². The van der Waals surface area contributed by atoms with E-state index in [4.69, 9.17) is 10.2 Å². The number of aromatic amines is 1. The van der Waals surface area contributed by atoms with Crippen LogP contribution in [0.5, 0.6) is 0 Å². The Balaban J connectivity index is 2.32. The third-order valence-corrected chi connectivity index (χ3v) is 3.20. The first-order valence-electron chi connectivity index (χ1n) is 4.88. The van der Waals surface area contributed by atoms with E-state index in [-0.39, 0.29) is 5.69 Å². The maximum Gasteiger partial charge on any atom is 0.269 e. The molecule has 17 heavy (non-hydrogen) atoms. The van der Waals surface area contributed by atoms with Gasteiger partial charge in [-0.2, -0.15) is 4.37 Å². The highest BCUT2D eigenvalue weighted by Gasteiger charge is 2.12. The number of nitrogens with two attached hydrogens (primary N) is 1. The number of aliphatic imine (C=N–C) groups is 1. The fraction of sp³-hybridized carbons (Fsp3) is 0.100. The summed E-state index contributed by atoms with van der Waals surface area (Å²) in [5, 5.41) is 0. The fourth-order valence-corrected chi connectivity index (χ4v) is 2.27. The van der Waals surface area contributed by atoms with Gasteiger partial charge in [0.1, 0.15) is 16.1 Å². The number of hydrogen-bond acceptors (Lipinski definition) is 5. The molecule has 3 heterocycles. The average molecular weight is 248 g/mol. The number of primary amides is 1. The van der Waals surface area contributed by atoms with E-state index in [1.54, 1.807) is 18.7 Å². The van der Waals surface area contributed by atoms with Crippen molar-refractivity contribution in [1.82, 2.24) is 9.36 Å². The van der Waals surface area contributed by atoms with Gasteiger partial charge in [-0.3, -0.25) is 9.79 Å². The lowest BCUT2D eigenvalue weighted by Crippen LogP contribution is -2.11. The second-order valence-electron chi connectivity index (χ2n) is 3.52. The highest BCUT2D eigenvalue weighted by atomic mass is 32.1. The molecule has 0 fully saturated rings. The summed E-state index contributed by atoms with van der Waals surface area (Å²) in [6.07, 6.45) is 4.91. The molecule has 0 aromatic carbocycles. The summed E-state index contributed by atoms with van der Waals surface area (Å²) in [4.78, 5) is 18.1. The molecule has 0 atom stereocenters. The van der Waals surface area contributed by atoms with Gasteiger partial charge in [-0.25, -0.2) is 0 Å². The van der Waals surface area contributed by atoms with E-state index in [1.165, 1.54) is 11.5 Å². The summed E-state index contributed by atoms with van der Waals surface area (Å²) in [7, 11) is 0. The number of rotatable bonds is 1. The lowest BCUT2D eigenvalue weighted by molar-refractivity contribution is 0.0996. The zero-order valence-corrected chi connectivity index (χ0v) is 9.45. The molecule has 2 aromatic rings. The van der Waals surface area contributed by atoms with Crippen LogP contribution in [0, 0.1) is 0 Å². The minimum absolute atomic E-state index is 0.252. The van der Waals surface area contributed by atoms with Crippen molar-refractivity contribution in [2.75, 3.05) is 0 Å². The van der Waals surface area contributed by atoms with Crippen LogP contribution in [-0.2, 0) is 6.54 Å². The second-order valence-corrected chi connectivity index (χ2v) is 4.32. The largest absolute Gasteiger partial charge is 0.461 e. The molecule has 86 valence electrons. The van der Waals surface area contributed by atoms with Gasteiger partial charge in [0.05, 0.1) is 12.8 Å². The zero-order chi connectivity index (χ0) is 11.8. The van der Waals surface area contributed by atoms with Crippen LogP contribution in [0.3, 0.4) is 0 Å². The van der Waals surface area contributed by atoms with E-state index in [0.29, 0.717) is 12.1 Å². The van der Waals surface area contributed by atoms with Gasteiger partial charge in [0.25, 0.3) is 5.91 Å². The zero-order valence-electron chi connectivity index (χ0n) is 8.64. The fourth-order valence-electron chi connectivity index (χ4n) is 1.56. The van der Waals surface area contributed by atoms with E-state index in [2.05, 4.69) is 14.3 Å². The highest BCUT2D eigenvalue weighted by molar-refractivity contribution is 7.12. The summed E-state index contributed by atoms with van der Waals surface area (Å²) >= 11 is 1.23. The molecule has 0 unspecified atom stereocenters. The predicted octanol–water partition coefficient (Wildman–Crippen LogP) is 1.37. The molecular formula is C10H8N4O2S. The molecule has 0 bridgehead atoms. The molecular weight excluding hydrogens is 240 g/mol. The molecule has 3 N–H and O–H groups in total. The van der Waals surface area contributed by atoms with Crippen LogP contribution in [0.2, 0.25) is 0 Å². The average Bonchev–Trinajstić information content (AvgIpc) is 2.85. The summed E-state index contributed by atoms with van der Waals surface area (Å²) in [6.45, 7) is 0.547. The number of carbonyl (C=O) groups excluding carboxylic acids is 1. The first kappa shape index (κ1) is 10.0. The summed E-state index contributed by atoms with van der Waals surface area (Å²) in [5.41, 5.74) is 7.59. The number of nitrogens with one attached hydrogen (secondary N) is 1. The molecule has 7 heteroatoms. The maximum absolute atomic E-state index is 11.2. The minimum Gasteiger partial charge on any atom is -0.461 e. The molecule has 6 nitrogen and oxygen atoms in total. The quantitative estimate of drug-likeness (QED) is 0.797. The van der Waals surface area contributed by atoms with Crippen molar-refractivity contribution in [2.45, 2.75) is 6.54 Å². The molecule has 0 saturated carbocycles. The topological polar surface area (TPSA) is 97.3 Å². The Morgan fingerprint density at radius 2 is 2.47 bits per heavy atom. The SMILES string of the molecule is NC(=O)c1[nH]cc2snc3c(coc12)CN=C3. The normalized spacial score (nSPS) is 12.7. The number of nitrogens with zero attached hydrogens (tertiary/aromatic N) is 2. The van der Waals surface area contributed by atoms with E-state index in [0.717, 1.165) is 16.0 Å². The van der Waals surface area contributed by atoms with Gasteiger partial charge in [-0.15, -0.1) is 0 Å². The van der Waals surface area contributed by atoms with Crippen LogP contribution >= 0.6 is 11.5 Å². The lowest BCUT2D eigenvalue weighted by Gasteiger charge is -1.93. The molecule has 0 aliphatic carbocycles. The summed E-state index contributed by atoms with van der Waals surface area (Å²) in [5.74, 6) is -0.558. The van der Waals surface area contributed by atoms with Crippen molar-refractivity contribution in [2.24, 2.45) is 10.7 Å². The molecule has 0 radical (unpaired) electrons. The Kier molecular flexibility index (Phi) is 2.19. The van der Waals surface area contributed by atoms with Gasteiger partial charge in [0.15, 0.2) is 5.58 Å². The van der Waals surface area contributed by atoms with Crippen LogP contribution in [0.1, 0.15) is 21.7 Å². The third-order valence-electron chi connectivity index (χ3n) is 2.41. The monoisotopic (exact) mass is 248 g/mol. The number of hydrogen-bond donors (Lipinski definition) is 2. The molecule has 3 rings (SSSR count). The van der Waals surface area contributed by atoms with E-state index >= 15 is 0 Å². The minimum atomic E-state index is -0.558. The lowest BCUT2D eigenvalue weighted by atomic mass is 10.3. The van der Waals surface area contributed by atoms with Crippen molar-refractivity contribution in [3.63, 3.8) is 0 Å². The molecule has 1 aliphatic rings. The molecule has 1 aliphatic heterocycles. The Hall–Kier alpha value is -2.15. The highest BCUT2D eigenvalue weighted by Crippen LogP contribution is 2.21. The molecule has 0 saturated heterocycles. The van der Waals surface area contributed by atoms with Gasteiger partial charge >= 0.3 is 0 Å². The summed E-state index contributed by atoms with van der Waals surface area (Å²) in [6, 6.07) is 0.